The standard InChI is InChI=1S/C11H17N3O3/c1-8-7-10(17-13-8)12-11(15)9(2)14-3-5-16-6-4-14/h7,9H,3-6H2,1-2H3,(H,12,15). The second kappa shape index (κ2) is 5.29. The lowest BCUT2D eigenvalue weighted by atomic mass is 10.2. The Morgan fingerprint density at radius 1 is 1.53 bits per heavy atom. The quantitative estimate of drug-likeness (QED) is 0.838. The zero-order valence-electron chi connectivity index (χ0n) is 10.1. The summed E-state index contributed by atoms with van der Waals surface area (Å²) in [6, 6.07) is 1.51. The van der Waals surface area contributed by atoms with Crippen LogP contribution in [0.1, 0.15) is 12.6 Å². The molecule has 2 rings (SSSR count). The van der Waals surface area contributed by atoms with Crippen molar-refractivity contribution in [1.29, 1.82) is 0 Å². The molecular formula is C11H17N3O3. The molecular weight excluding hydrogens is 222 g/mol. The zero-order valence-corrected chi connectivity index (χ0v) is 10.1. The van der Waals surface area contributed by atoms with Crippen LogP contribution in [0.25, 0.3) is 0 Å². The first-order chi connectivity index (χ1) is 8.16. The van der Waals surface area contributed by atoms with Crippen molar-refractivity contribution < 1.29 is 14.1 Å². The maximum Gasteiger partial charge on any atom is 0.243 e. The zero-order chi connectivity index (χ0) is 12.3. The number of carbonyl (C=O) groups is 1. The Morgan fingerprint density at radius 3 is 2.82 bits per heavy atom. The molecule has 1 aromatic rings. The number of aryl methyl sites for hydroxylation is 1. The highest BCUT2D eigenvalue weighted by molar-refractivity contribution is 5.93. The monoisotopic (exact) mass is 239 g/mol. The molecule has 0 radical (unpaired) electrons. The smallest absolute Gasteiger partial charge is 0.243 e. The lowest BCUT2D eigenvalue weighted by Crippen LogP contribution is -2.47. The van der Waals surface area contributed by atoms with Crippen LogP contribution < -0.4 is 5.32 Å². The normalized spacial score (nSPS) is 18.9. The Bertz CT molecular complexity index is 385. The van der Waals surface area contributed by atoms with E-state index in [9.17, 15) is 4.79 Å². The second-order valence-electron chi connectivity index (χ2n) is 4.15. The number of carbonyl (C=O) groups excluding carboxylic acids is 1. The van der Waals surface area contributed by atoms with E-state index in [1.807, 2.05) is 13.8 Å². The van der Waals surface area contributed by atoms with Crippen LogP contribution in [0.5, 0.6) is 0 Å². The predicted molar refractivity (Wildman–Crippen MR) is 61.7 cm³/mol. The summed E-state index contributed by atoms with van der Waals surface area (Å²) >= 11 is 0. The highest BCUT2D eigenvalue weighted by atomic mass is 16.5. The minimum Gasteiger partial charge on any atom is -0.379 e. The molecule has 6 heteroatoms. The summed E-state index contributed by atoms with van der Waals surface area (Å²) in [5.74, 6) is 0.315. The van der Waals surface area contributed by atoms with Crippen molar-refractivity contribution >= 4 is 11.8 Å². The summed E-state index contributed by atoms with van der Waals surface area (Å²) < 4.78 is 10.2. The van der Waals surface area contributed by atoms with Gasteiger partial charge in [-0.2, -0.15) is 0 Å². The van der Waals surface area contributed by atoms with Gasteiger partial charge in [0.25, 0.3) is 0 Å². The molecule has 0 aliphatic carbocycles. The lowest BCUT2D eigenvalue weighted by Gasteiger charge is -2.30. The molecule has 6 nitrogen and oxygen atoms in total. The highest BCUT2D eigenvalue weighted by Crippen LogP contribution is 2.11. The molecule has 1 N–H and O–H groups in total. The third-order valence-electron chi connectivity index (χ3n) is 2.85. The van der Waals surface area contributed by atoms with Gasteiger partial charge in [0.2, 0.25) is 11.8 Å². The van der Waals surface area contributed by atoms with Gasteiger partial charge in [0.05, 0.1) is 24.9 Å². The number of rotatable bonds is 3. The molecule has 1 atom stereocenters. The fourth-order valence-corrected chi connectivity index (χ4v) is 1.78. The molecule has 1 saturated heterocycles. The van der Waals surface area contributed by atoms with Gasteiger partial charge in [-0.3, -0.25) is 15.0 Å². The summed E-state index contributed by atoms with van der Waals surface area (Å²) in [4.78, 5) is 14.0. The average Bonchev–Trinajstić information content (AvgIpc) is 2.75. The third kappa shape index (κ3) is 3.04. The first-order valence-electron chi connectivity index (χ1n) is 5.73. The minimum absolute atomic E-state index is 0.0805. The van der Waals surface area contributed by atoms with Crippen molar-refractivity contribution in [2.24, 2.45) is 0 Å². The molecule has 1 aliphatic heterocycles. The predicted octanol–water partition coefficient (Wildman–Crippen LogP) is 0.642. The van der Waals surface area contributed by atoms with Crippen LogP contribution in [0, 0.1) is 6.92 Å². The van der Waals surface area contributed by atoms with Crippen molar-refractivity contribution in [3.8, 4) is 0 Å². The molecule has 2 heterocycles. The van der Waals surface area contributed by atoms with E-state index >= 15 is 0 Å². The van der Waals surface area contributed by atoms with Crippen molar-refractivity contribution in [3.05, 3.63) is 11.8 Å². The van der Waals surface area contributed by atoms with Gasteiger partial charge < -0.3 is 9.26 Å². The van der Waals surface area contributed by atoms with Gasteiger partial charge in [-0.1, -0.05) is 5.16 Å². The third-order valence-corrected chi connectivity index (χ3v) is 2.85. The number of nitrogens with zero attached hydrogens (tertiary/aromatic N) is 2. The van der Waals surface area contributed by atoms with Crippen LogP contribution in [0.4, 0.5) is 5.88 Å². The Hall–Kier alpha value is -1.40. The number of aromatic nitrogens is 1. The number of anilines is 1. The van der Waals surface area contributed by atoms with Crippen LogP contribution in [-0.2, 0) is 9.53 Å². The van der Waals surface area contributed by atoms with E-state index in [1.165, 1.54) is 0 Å². The summed E-state index contributed by atoms with van der Waals surface area (Å²) in [5, 5.41) is 6.43. The molecule has 94 valence electrons. The van der Waals surface area contributed by atoms with Gasteiger partial charge in [-0.25, -0.2) is 0 Å². The van der Waals surface area contributed by atoms with E-state index in [1.54, 1.807) is 6.07 Å². The molecule has 17 heavy (non-hydrogen) atoms. The number of nitrogens with one attached hydrogen (secondary N) is 1. The van der Waals surface area contributed by atoms with Gasteiger partial charge in [0, 0.05) is 19.2 Å². The van der Waals surface area contributed by atoms with Crippen LogP contribution in [0.3, 0.4) is 0 Å². The van der Waals surface area contributed by atoms with Gasteiger partial charge in [-0.05, 0) is 13.8 Å². The minimum atomic E-state index is -0.190. The number of morpholine rings is 1. The van der Waals surface area contributed by atoms with Crippen LogP contribution in [0.15, 0.2) is 10.6 Å². The fraction of sp³-hybridized carbons (Fsp3) is 0.636. The Balaban J connectivity index is 1.90. The number of hydrogen-bond acceptors (Lipinski definition) is 5. The molecule has 1 unspecified atom stereocenters. The Kier molecular flexibility index (Phi) is 3.75. The van der Waals surface area contributed by atoms with Gasteiger partial charge in [0.1, 0.15) is 0 Å². The summed E-state index contributed by atoms with van der Waals surface area (Å²) in [7, 11) is 0. The largest absolute Gasteiger partial charge is 0.379 e. The van der Waals surface area contributed by atoms with E-state index < -0.39 is 0 Å². The van der Waals surface area contributed by atoms with Gasteiger partial charge in [-0.15, -0.1) is 0 Å². The first-order valence-corrected chi connectivity index (χ1v) is 5.73. The fourth-order valence-electron chi connectivity index (χ4n) is 1.78. The van der Waals surface area contributed by atoms with Crippen LogP contribution in [-0.4, -0.2) is 48.3 Å². The number of hydrogen-bond donors (Lipinski definition) is 1. The van der Waals surface area contributed by atoms with E-state index in [0.717, 1.165) is 18.8 Å². The summed E-state index contributed by atoms with van der Waals surface area (Å²) in [6.45, 7) is 6.61. The number of amides is 1. The average molecular weight is 239 g/mol. The molecule has 0 saturated carbocycles. The summed E-state index contributed by atoms with van der Waals surface area (Å²) in [6.07, 6.45) is 0. The van der Waals surface area contributed by atoms with Crippen molar-refractivity contribution in [2.75, 3.05) is 31.6 Å². The van der Waals surface area contributed by atoms with Crippen molar-refractivity contribution in [3.63, 3.8) is 0 Å². The topological polar surface area (TPSA) is 67.6 Å². The molecule has 0 aromatic carbocycles. The molecule has 0 bridgehead atoms. The molecule has 0 spiro atoms. The SMILES string of the molecule is Cc1cc(NC(=O)C(C)N2CCOCC2)on1. The highest BCUT2D eigenvalue weighted by Gasteiger charge is 2.23. The molecule has 1 amide bonds. The molecule has 1 fully saturated rings. The van der Waals surface area contributed by atoms with Crippen molar-refractivity contribution in [1.82, 2.24) is 10.1 Å². The molecule has 1 aromatic heterocycles. The maximum atomic E-state index is 11.9. The maximum absolute atomic E-state index is 11.9. The van der Waals surface area contributed by atoms with E-state index in [-0.39, 0.29) is 11.9 Å². The molecule has 1 aliphatic rings. The second-order valence-corrected chi connectivity index (χ2v) is 4.15. The number of ether oxygens (including phenoxy) is 1. The lowest BCUT2D eigenvalue weighted by molar-refractivity contribution is -0.122. The first kappa shape index (κ1) is 12.1. The van der Waals surface area contributed by atoms with Gasteiger partial charge >= 0.3 is 0 Å². The van der Waals surface area contributed by atoms with Crippen molar-refractivity contribution in [2.45, 2.75) is 19.9 Å². The Labute approximate surface area is 99.9 Å². The van der Waals surface area contributed by atoms with E-state index in [0.29, 0.717) is 19.1 Å². The van der Waals surface area contributed by atoms with E-state index in [4.69, 9.17) is 9.26 Å². The van der Waals surface area contributed by atoms with Gasteiger partial charge in [0.15, 0.2) is 0 Å². The van der Waals surface area contributed by atoms with E-state index in [2.05, 4.69) is 15.4 Å². The van der Waals surface area contributed by atoms with Crippen LogP contribution >= 0.6 is 0 Å². The Morgan fingerprint density at radius 2 is 2.24 bits per heavy atom. The van der Waals surface area contributed by atoms with Crippen LogP contribution in [0.2, 0.25) is 0 Å². The summed E-state index contributed by atoms with van der Waals surface area (Å²) in [5.41, 5.74) is 0.749.